The molecule has 0 bridgehead atoms. The minimum absolute atomic E-state index is 0.234. The number of nitrogens with one attached hydrogen (secondary N) is 2. The van der Waals surface area contributed by atoms with Gasteiger partial charge in [-0.25, -0.2) is 9.78 Å². The average Bonchev–Trinajstić information content (AvgIpc) is 2.78. The molecule has 3 heterocycles. The molecule has 0 saturated carbocycles. The fourth-order valence-electron chi connectivity index (χ4n) is 2.50. The van der Waals surface area contributed by atoms with Gasteiger partial charge < -0.3 is 19.9 Å². The molecule has 1 aliphatic rings. The number of rotatable bonds is 3. The van der Waals surface area contributed by atoms with Gasteiger partial charge in [0.15, 0.2) is 0 Å². The molecule has 1 fully saturated rings. The molecule has 0 unspecified atom stereocenters. The molecule has 2 aromatic heterocycles. The van der Waals surface area contributed by atoms with Crippen LogP contribution in [0.3, 0.4) is 0 Å². The van der Waals surface area contributed by atoms with E-state index in [1.54, 1.807) is 11.1 Å². The molecule has 0 spiro atoms. The summed E-state index contributed by atoms with van der Waals surface area (Å²) in [5, 5.41) is 4.60. The minimum Gasteiger partial charge on any atom is -0.444 e. The van der Waals surface area contributed by atoms with Crippen molar-refractivity contribution in [1.29, 1.82) is 0 Å². The molecule has 1 saturated heterocycles. The number of hydrogen-bond donors (Lipinski definition) is 2. The third-order valence-electron chi connectivity index (χ3n) is 3.65. The standard InChI is InChI=1S/C16H22N4O2/c1-16(2,3)22-15(21)20-9-12(10-20)18-7-11-8-19-14-13(11)5-4-6-17-14/h4-6,8,12,18H,7,9-10H2,1-3H3,(H,17,19). The Labute approximate surface area is 129 Å². The summed E-state index contributed by atoms with van der Waals surface area (Å²) in [6, 6.07) is 4.31. The lowest BCUT2D eigenvalue weighted by atomic mass is 10.1. The number of pyridine rings is 1. The van der Waals surface area contributed by atoms with Crippen molar-refractivity contribution in [1.82, 2.24) is 20.2 Å². The van der Waals surface area contributed by atoms with Gasteiger partial charge in [0.25, 0.3) is 0 Å². The van der Waals surface area contributed by atoms with Crippen molar-refractivity contribution in [2.75, 3.05) is 13.1 Å². The number of amides is 1. The van der Waals surface area contributed by atoms with Gasteiger partial charge in [-0.3, -0.25) is 0 Å². The molecule has 2 aromatic rings. The van der Waals surface area contributed by atoms with Crippen LogP contribution in [0.1, 0.15) is 26.3 Å². The Balaban J connectivity index is 1.48. The first-order valence-corrected chi connectivity index (χ1v) is 7.55. The second-order valence-electron chi connectivity index (χ2n) is 6.68. The zero-order valence-electron chi connectivity index (χ0n) is 13.2. The van der Waals surface area contributed by atoms with E-state index in [0.717, 1.165) is 17.6 Å². The van der Waals surface area contributed by atoms with Crippen LogP contribution in [-0.4, -0.2) is 45.7 Å². The SMILES string of the molecule is CC(C)(C)OC(=O)N1CC(NCc2c[nH]c3ncccc23)C1. The van der Waals surface area contributed by atoms with Crippen molar-refractivity contribution >= 4 is 17.1 Å². The first-order chi connectivity index (χ1) is 10.4. The maximum Gasteiger partial charge on any atom is 0.410 e. The van der Waals surface area contributed by atoms with Crippen LogP contribution < -0.4 is 5.32 Å². The monoisotopic (exact) mass is 302 g/mol. The quantitative estimate of drug-likeness (QED) is 0.912. The molecule has 3 rings (SSSR count). The van der Waals surface area contributed by atoms with E-state index in [1.807, 2.05) is 33.0 Å². The molecular formula is C16H22N4O2. The maximum atomic E-state index is 11.9. The van der Waals surface area contributed by atoms with Crippen LogP contribution in [0.25, 0.3) is 11.0 Å². The molecule has 6 nitrogen and oxygen atoms in total. The van der Waals surface area contributed by atoms with E-state index in [-0.39, 0.29) is 6.09 Å². The van der Waals surface area contributed by atoms with Crippen LogP contribution in [0.15, 0.2) is 24.5 Å². The predicted octanol–water partition coefficient (Wildman–Crippen LogP) is 2.27. The van der Waals surface area contributed by atoms with Crippen LogP contribution >= 0.6 is 0 Å². The lowest BCUT2D eigenvalue weighted by Gasteiger charge is -2.40. The summed E-state index contributed by atoms with van der Waals surface area (Å²) in [4.78, 5) is 21.0. The molecule has 0 atom stereocenters. The van der Waals surface area contributed by atoms with Crippen molar-refractivity contribution in [3.8, 4) is 0 Å². The van der Waals surface area contributed by atoms with Crippen LogP contribution in [0.5, 0.6) is 0 Å². The highest BCUT2D eigenvalue weighted by atomic mass is 16.6. The van der Waals surface area contributed by atoms with Crippen LogP contribution in [0, 0.1) is 0 Å². The highest BCUT2D eigenvalue weighted by Gasteiger charge is 2.33. The van der Waals surface area contributed by atoms with E-state index < -0.39 is 5.60 Å². The van der Waals surface area contributed by atoms with Crippen molar-refractivity contribution < 1.29 is 9.53 Å². The molecule has 2 N–H and O–H groups in total. The summed E-state index contributed by atoms with van der Waals surface area (Å²) in [5.74, 6) is 0. The smallest absolute Gasteiger partial charge is 0.410 e. The number of aromatic amines is 1. The third-order valence-corrected chi connectivity index (χ3v) is 3.65. The normalized spacial score (nSPS) is 15.9. The molecule has 0 radical (unpaired) electrons. The van der Waals surface area contributed by atoms with Gasteiger partial charge >= 0.3 is 6.09 Å². The molecule has 6 heteroatoms. The van der Waals surface area contributed by atoms with Gasteiger partial charge in [0.2, 0.25) is 0 Å². The molecule has 0 aliphatic carbocycles. The van der Waals surface area contributed by atoms with Gasteiger partial charge in [0.05, 0.1) is 0 Å². The molecule has 0 aromatic carbocycles. The van der Waals surface area contributed by atoms with E-state index >= 15 is 0 Å². The van der Waals surface area contributed by atoms with Crippen LogP contribution in [0.2, 0.25) is 0 Å². The lowest BCUT2D eigenvalue weighted by Crippen LogP contribution is -2.60. The van der Waals surface area contributed by atoms with Gasteiger partial charge in [-0.2, -0.15) is 0 Å². The fourth-order valence-corrected chi connectivity index (χ4v) is 2.50. The highest BCUT2D eigenvalue weighted by molar-refractivity contribution is 5.79. The summed E-state index contributed by atoms with van der Waals surface area (Å²) in [5.41, 5.74) is 1.66. The van der Waals surface area contributed by atoms with E-state index in [2.05, 4.69) is 21.4 Å². The van der Waals surface area contributed by atoms with Gasteiger partial charge in [-0.05, 0) is 38.5 Å². The van der Waals surface area contributed by atoms with Crippen LogP contribution in [0.4, 0.5) is 4.79 Å². The Kier molecular flexibility index (Phi) is 3.78. The molecule has 1 aliphatic heterocycles. The minimum atomic E-state index is -0.438. The number of nitrogens with zero attached hydrogens (tertiary/aromatic N) is 2. The Morgan fingerprint density at radius 2 is 2.27 bits per heavy atom. The first-order valence-electron chi connectivity index (χ1n) is 7.55. The van der Waals surface area contributed by atoms with Gasteiger partial charge in [-0.1, -0.05) is 0 Å². The van der Waals surface area contributed by atoms with E-state index in [1.165, 1.54) is 5.56 Å². The number of ether oxygens (including phenoxy) is 1. The first kappa shape index (κ1) is 14.8. The number of fused-ring (bicyclic) bond motifs is 1. The van der Waals surface area contributed by atoms with Gasteiger partial charge in [0, 0.05) is 43.5 Å². The lowest BCUT2D eigenvalue weighted by molar-refractivity contribution is 0.00519. The Bertz CT molecular complexity index is 668. The Morgan fingerprint density at radius 3 is 3.00 bits per heavy atom. The largest absolute Gasteiger partial charge is 0.444 e. The molecule has 22 heavy (non-hydrogen) atoms. The van der Waals surface area contributed by atoms with Crippen molar-refractivity contribution in [2.24, 2.45) is 0 Å². The molecule has 1 amide bonds. The summed E-state index contributed by atoms with van der Waals surface area (Å²) >= 11 is 0. The van der Waals surface area contributed by atoms with Crippen molar-refractivity contribution in [3.05, 3.63) is 30.1 Å². The number of carbonyl (C=O) groups excluding carboxylic acids is 1. The van der Waals surface area contributed by atoms with E-state index in [9.17, 15) is 4.79 Å². The number of likely N-dealkylation sites (tertiary alicyclic amines) is 1. The Morgan fingerprint density at radius 1 is 1.50 bits per heavy atom. The number of carbonyl (C=O) groups is 1. The molecular weight excluding hydrogens is 280 g/mol. The second kappa shape index (κ2) is 5.61. The van der Waals surface area contributed by atoms with E-state index in [4.69, 9.17) is 4.74 Å². The topological polar surface area (TPSA) is 70.2 Å². The van der Waals surface area contributed by atoms with Gasteiger partial charge in [0.1, 0.15) is 11.2 Å². The van der Waals surface area contributed by atoms with Crippen LogP contribution in [-0.2, 0) is 11.3 Å². The fraction of sp³-hybridized carbons (Fsp3) is 0.500. The summed E-state index contributed by atoms with van der Waals surface area (Å²) in [6.45, 7) is 7.78. The zero-order valence-corrected chi connectivity index (χ0v) is 13.2. The third kappa shape index (κ3) is 3.22. The average molecular weight is 302 g/mol. The number of hydrogen-bond acceptors (Lipinski definition) is 4. The summed E-state index contributed by atoms with van der Waals surface area (Å²) in [6.07, 6.45) is 3.53. The highest BCUT2D eigenvalue weighted by Crippen LogP contribution is 2.18. The number of aromatic nitrogens is 2. The summed E-state index contributed by atoms with van der Waals surface area (Å²) in [7, 11) is 0. The summed E-state index contributed by atoms with van der Waals surface area (Å²) < 4.78 is 5.34. The van der Waals surface area contributed by atoms with Crippen molar-refractivity contribution in [3.63, 3.8) is 0 Å². The van der Waals surface area contributed by atoms with Crippen molar-refractivity contribution in [2.45, 2.75) is 39.0 Å². The Hall–Kier alpha value is -2.08. The predicted molar refractivity (Wildman–Crippen MR) is 84.5 cm³/mol. The molecule has 118 valence electrons. The van der Waals surface area contributed by atoms with E-state index in [0.29, 0.717) is 19.1 Å². The van der Waals surface area contributed by atoms with Gasteiger partial charge in [-0.15, -0.1) is 0 Å². The second-order valence-corrected chi connectivity index (χ2v) is 6.68. The zero-order chi connectivity index (χ0) is 15.7. The maximum absolute atomic E-state index is 11.9. The number of H-pyrrole nitrogens is 1.